The van der Waals surface area contributed by atoms with Crippen molar-refractivity contribution in [2.24, 2.45) is 0 Å². The topological polar surface area (TPSA) is 61.4 Å². The molecule has 238 valence electrons. The first-order chi connectivity index (χ1) is 20.2. The maximum atomic E-state index is 11.9. The summed E-state index contributed by atoms with van der Waals surface area (Å²) in [5.41, 5.74) is 0.690. The first-order valence-electron chi connectivity index (χ1n) is 18.1. The molecular weight excluding hydrogens is 504 g/mol. The van der Waals surface area contributed by atoms with Gasteiger partial charge in [-0.15, -0.1) is 0 Å². The summed E-state index contributed by atoms with van der Waals surface area (Å²) in [5.74, 6) is 0.201. The lowest BCUT2D eigenvalue weighted by molar-refractivity contribution is 0.252. The minimum absolute atomic E-state index is 0.180. The summed E-state index contributed by atoms with van der Waals surface area (Å²) >= 11 is 0. The second-order valence-corrected chi connectivity index (χ2v) is 12.5. The van der Waals surface area contributed by atoms with Crippen molar-refractivity contribution < 1.29 is 9.90 Å². The highest BCUT2D eigenvalue weighted by atomic mass is 16.3. The Bertz CT molecular complexity index is 676. The number of anilines is 1. The lowest BCUT2D eigenvalue weighted by Gasteiger charge is -2.07. The summed E-state index contributed by atoms with van der Waals surface area (Å²) in [7, 11) is 0. The molecule has 0 aliphatic heterocycles. The van der Waals surface area contributed by atoms with Gasteiger partial charge in [-0.25, -0.2) is 4.79 Å². The van der Waals surface area contributed by atoms with E-state index in [1.807, 2.05) is 0 Å². The van der Waals surface area contributed by atoms with Crippen LogP contribution in [0.25, 0.3) is 0 Å². The predicted octanol–water partition coefficient (Wildman–Crippen LogP) is 12.5. The molecule has 1 aromatic carbocycles. The van der Waals surface area contributed by atoms with Gasteiger partial charge in [-0.1, -0.05) is 180 Å². The first kappa shape index (κ1) is 37.3. The van der Waals surface area contributed by atoms with Gasteiger partial charge < -0.3 is 15.7 Å². The van der Waals surface area contributed by atoms with Crippen molar-refractivity contribution in [3.63, 3.8) is 0 Å². The van der Waals surface area contributed by atoms with E-state index in [9.17, 15) is 9.90 Å². The third-order valence-corrected chi connectivity index (χ3v) is 8.44. The van der Waals surface area contributed by atoms with Crippen molar-refractivity contribution in [3.05, 3.63) is 24.3 Å². The Kier molecular flexibility index (Phi) is 27.1. The van der Waals surface area contributed by atoms with E-state index in [0.717, 1.165) is 6.42 Å². The third kappa shape index (κ3) is 26.9. The van der Waals surface area contributed by atoms with E-state index in [0.29, 0.717) is 12.2 Å². The van der Waals surface area contributed by atoms with Crippen molar-refractivity contribution in [2.45, 2.75) is 187 Å². The van der Waals surface area contributed by atoms with Gasteiger partial charge in [-0.2, -0.15) is 0 Å². The second-order valence-electron chi connectivity index (χ2n) is 12.5. The van der Waals surface area contributed by atoms with Crippen LogP contribution in [0, 0.1) is 0 Å². The monoisotopic (exact) mass is 573 g/mol. The Balaban J connectivity index is 1.67. The standard InChI is InChI=1S/C37H68N2O2/c1-2-3-4-5-6-7-8-9-10-11-12-13-14-15-16-17-18-19-20-21-22-23-24-25-26-27-28-29-34-38-37(41)39-35-30-32-36(40)33-31-35/h30-33,40H,2-29,34H2,1H3,(H2,38,39,41). The average Bonchev–Trinajstić information content (AvgIpc) is 2.97. The van der Waals surface area contributed by atoms with Crippen molar-refractivity contribution >= 4 is 11.7 Å². The van der Waals surface area contributed by atoms with Gasteiger partial charge in [0.2, 0.25) is 0 Å². The summed E-state index contributed by atoms with van der Waals surface area (Å²) in [6.45, 7) is 3.01. The summed E-state index contributed by atoms with van der Waals surface area (Å²) in [4.78, 5) is 11.9. The number of aromatic hydroxyl groups is 1. The number of hydrogen-bond acceptors (Lipinski definition) is 2. The molecule has 4 heteroatoms. The normalized spacial score (nSPS) is 11.1. The number of nitrogens with one attached hydrogen (secondary N) is 2. The summed E-state index contributed by atoms with van der Waals surface area (Å²) in [5, 5.41) is 15.0. The molecule has 0 spiro atoms. The Morgan fingerprint density at radius 2 is 0.780 bits per heavy atom. The Morgan fingerprint density at radius 3 is 1.10 bits per heavy atom. The maximum absolute atomic E-state index is 11.9. The van der Waals surface area contributed by atoms with Gasteiger partial charge in [0.1, 0.15) is 5.75 Å². The van der Waals surface area contributed by atoms with Gasteiger partial charge in [0.25, 0.3) is 0 Å². The zero-order valence-electron chi connectivity index (χ0n) is 27.2. The molecule has 0 saturated carbocycles. The molecule has 0 saturated heterocycles. The molecule has 3 N–H and O–H groups in total. The van der Waals surface area contributed by atoms with Crippen LogP contribution >= 0.6 is 0 Å². The molecule has 1 aromatic rings. The zero-order valence-corrected chi connectivity index (χ0v) is 27.2. The molecule has 0 fully saturated rings. The SMILES string of the molecule is CCCCCCCCCCCCCCCCCCCCCCCCCCCCCCNC(=O)Nc1ccc(O)cc1. The van der Waals surface area contributed by atoms with Gasteiger partial charge in [0.15, 0.2) is 0 Å². The van der Waals surface area contributed by atoms with E-state index in [2.05, 4.69) is 17.6 Å². The van der Waals surface area contributed by atoms with Crippen molar-refractivity contribution in [1.29, 1.82) is 0 Å². The van der Waals surface area contributed by atoms with Gasteiger partial charge in [0, 0.05) is 12.2 Å². The number of benzene rings is 1. The van der Waals surface area contributed by atoms with Crippen molar-refractivity contribution in [3.8, 4) is 5.75 Å². The molecule has 41 heavy (non-hydrogen) atoms. The first-order valence-corrected chi connectivity index (χ1v) is 18.1. The fourth-order valence-electron chi connectivity index (χ4n) is 5.72. The molecule has 1 rings (SSSR count). The Labute approximate surface area is 255 Å². The highest BCUT2D eigenvalue weighted by molar-refractivity contribution is 5.89. The van der Waals surface area contributed by atoms with Crippen LogP contribution in [0.2, 0.25) is 0 Å². The number of unbranched alkanes of at least 4 members (excludes halogenated alkanes) is 27. The molecule has 0 aliphatic rings. The summed E-state index contributed by atoms with van der Waals surface area (Å²) < 4.78 is 0. The lowest BCUT2D eigenvalue weighted by atomic mass is 10.0. The predicted molar refractivity (Wildman–Crippen MR) is 180 cm³/mol. The largest absolute Gasteiger partial charge is 0.508 e. The number of carbonyl (C=O) groups is 1. The zero-order chi connectivity index (χ0) is 29.5. The molecule has 0 unspecified atom stereocenters. The van der Waals surface area contributed by atoms with Crippen LogP contribution < -0.4 is 10.6 Å². The highest BCUT2D eigenvalue weighted by Crippen LogP contribution is 2.16. The van der Waals surface area contributed by atoms with Crippen molar-refractivity contribution in [1.82, 2.24) is 5.32 Å². The minimum Gasteiger partial charge on any atom is -0.508 e. The minimum atomic E-state index is -0.180. The number of amides is 2. The van der Waals surface area contributed by atoms with Crippen LogP contribution in [-0.4, -0.2) is 17.7 Å². The summed E-state index contributed by atoms with van der Waals surface area (Å²) in [6, 6.07) is 6.34. The van der Waals surface area contributed by atoms with Gasteiger partial charge in [-0.05, 0) is 30.7 Å². The molecule has 0 bridgehead atoms. The molecule has 0 radical (unpaired) electrons. The number of rotatable bonds is 30. The van der Waals surface area contributed by atoms with Crippen LogP contribution in [0.15, 0.2) is 24.3 Å². The van der Waals surface area contributed by atoms with Crippen LogP contribution in [0.1, 0.15) is 187 Å². The fraction of sp³-hybridized carbons (Fsp3) is 0.811. The highest BCUT2D eigenvalue weighted by Gasteiger charge is 2.01. The van der Waals surface area contributed by atoms with Gasteiger partial charge in [0.05, 0.1) is 0 Å². The molecule has 0 heterocycles. The second kappa shape index (κ2) is 29.8. The van der Waals surface area contributed by atoms with E-state index in [-0.39, 0.29) is 11.8 Å². The van der Waals surface area contributed by atoms with Crippen LogP contribution in [-0.2, 0) is 0 Å². The fourth-order valence-corrected chi connectivity index (χ4v) is 5.72. The number of urea groups is 1. The molecule has 4 nitrogen and oxygen atoms in total. The van der Waals surface area contributed by atoms with E-state index in [1.54, 1.807) is 24.3 Å². The van der Waals surface area contributed by atoms with Crippen molar-refractivity contribution in [2.75, 3.05) is 11.9 Å². The molecule has 2 amide bonds. The van der Waals surface area contributed by atoms with Gasteiger partial charge in [-0.3, -0.25) is 0 Å². The number of phenols is 1. The smallest absolute Gasteiger partial charge is 0.319 e. The Morgan fingerprint density at radius 1 is 0.488 bits per heavy atom. The van der Waals surface area contributed by atoms with E-state index in [4.69, 9.17) is 0 Å². The maximum Gasteiger partial charge on any atom is 0.319 e. The average molecular weight is 573 g/mol. The molecule has 0 aliphatic carbocycles. The molecule has 0 atom stereocenters. The van der Waals surface area contributed by atoms with Gasteiger partial charge >= 0.3 is 6.03 Å². The number of carbonyl (C=O) groups excluding carboxylic acids is 1. The quantitative estimate of drug-likeness (QED) is 0.0634. The number of phenolic OH excluding ortho intramolecular Hbond substituents is 1. The molecular formula is C37H68N2O2. The van der Waals surface area contributed by atoms with E-state index in [1.165, 1.54) is 173 Å². The van der Waals surface area contributed by atoms with Crippen LogP contribution in [0.4, 0.5) is 10.5 Å². The Hall–Kier alpha value is -1.71. The number of hydrogen-bond donors (Lipinski definition) is 3. The van der Waals surface area contributed by atoms with Crippen LogP contribution in [0.3, 0.4) is 0 Å². The lowest BCUT2D eigenvalue weighted by Crippen LogP contribution is -2.29. The van der Waals surface area contributed by atoms with Crippen LogP contribution in [0.5, 0.6) is 5.75 Å². The summed E-state index contributed by atoms with van der Waals surface area (Å²) in [6.07, 6.45) is 39.4. The third-order valence-electron chi connectivity index (χ3n) is 8.44. The molecule has 0 aromatic heterocycles. The van der Waals surface area contributed by atoms with E-state index < -0.39 is 0 Å². The van der Waals surface area contributed by atoms with E-state index >= 15 is 0 Å².